The van der Waals surface area contributed by atoms with Gasteiger partial charge in [0, 0.05) is 22.5 Å². The molecule has 0 amide bonds. The predicted molar refractivity (Wildman–Crippen MR) is 159 cm³/mol. The van der Waals surface area contributed by atoms with E-state index in [1.165, 1.54) is 17.7 Å². The van der Waals surface area contributed by atoms with Crippen LogP contribution in [-0.4, -0.2) is 18.4 Å². The van der Waals surface area contributed by atoms with Gasteiger partial charge in [-0.05, 0) is 90.4 Å². The van der Waals surface area contributed by atoms with E-state index in [1.54, 1.807) is 0 Å². The van der Waals surface area contributed by atoms with E-state index in [0.717, 1.165) is 72.3 Å². The number of nitrogens with zero attached hydrogens (tertiary/aromatic N) is 1. The van der Waals surface area contributed by atoms with Gasteiger partial charge in [0.2, 0.25) is 0 Å². The topological polar surface area (TPSA) is 42.4 Å². The van der Waals surface area contributed by atoms with E-state index in [2.05, 4.69) is 67.6 Å². The Morgan fingerprint density at radius 3 is 2.20 bits per heavy atom. The van der Waals surface area contributed by atoms with Gasteiger partial charge >= 0.3 is 6.18 Å². The molecule has 40 heavy (non-hydrogen) atoms. The summed E-state index contributed by atoms with van der Waals surface area (Å²) in [7, 11) is -2.17. The maximum atomic E-state index is 13.3. The van der Waals surface area contributed by atoms with Crippen molar-refractivity contribution >= 4 is 13.9 Å². The zero-order chi connectivity index (χ0) is 29.8. The van der Waals surface area contributed by atoms with Gasteiger partial charge in [0.1, 0.15) is 6.10 Å². The average molecular weight is 574 g/mol. The van der Waals surface area contributed by atoms with E-state index in [9.17, 15) is 18.3 Å². The molecule has 1 heterocycles. The van der Waals surface area contributed by atoms with Gasteiger partial charge in [0.05, 0.1) is 11.7 Å². The number of aliphatic hydroxyl groups excluding tert-OH is 1. The van der Waals surface area contributed by atoms with Gasteiger partial charge in [-0.15, -0.1) is 0 Å². The van der Waals surface area contributed by atoms with Gasteiger partial charge in [0.25, 0.3) is 0 Å². The van der Waals surface area contributed by atoms with Gasteiger partial charge in [-0.3, -0.25) is 4.98 Å². The first-order chi connectivity index (χ1) is 18.3. The third-order valence-electron chi connectivity index (χ3n) is 9.07. The molecule has 220 valence electrons. The molecule has 2 aromatic rings. The third-order valence-corrected chi connectivity index (χ3v) is 13.6. The largest absolute Gasteiger partial charge is 0.416 e. The number of fused-ring (bicyclic) bond motifs is 1. The van der Waals surface area contributed by atoms with Crippen LogP contribution < -0.4 is 0 Å². The molecular formula is C33H46F3NO2Si. The van der Waals surface area contributed by atoms with E-state index in [0.29, 0.717) is 5.56 Å². The fourth-order valence-corrected chi connectivity index (χ4v) is 7.18. The van der Waals surface area contributed by atoms with Gasteiger partial charge in [-0.2, -0.15) is 13.2 Å². The first-order valence-electron chi connectivity index (χ1n) is 14.6. The highest BCUT2D eigenvalue weighted by Gasteiger charge is 2.45. The van der Waals surface area contributed by atoms with Gasteiger partial charge in [-0.1, -0.05) is 66.7 Å². The normalized spacial score (nSPS) is 20.4. The lowest BCUT2D eigenvalue weighted by molar-refractivity contribution is -0.137. The second-order valence-electron chi connectivity index (χ2n) is 14.4. The molecule has 1 unspecified atom stereocenters. The summed E-state index contributed by atoms with van der Waals surface area (Å²) in [5.74, 6) is 0.0231. The maximum Gasteiger partial charge on any atom is 0.416 e. The molecule has 0 aliphatic heterocycles. The molecule has 2 atom stereocenters. The zero-order valence-electron chi connectivity index (χ0n) is 25.6. The minimum Gasteiger partial charge on any atom is -0.410 e. The lowest BCUT2D eigenvalue weighted by Crippen LogP contribution is -2.44. The fourth-order valence-electron chi connectivity index (χ4n) is 5.91. The number of aliphatic hydroxyl groups is 1. The van der Waals surface area contributed by atoms with Gasteiger partial charge < -0.3 is 9.53 Å². The molecule has 0 saturated heterocycles. The molecule has 0 spiro atoms. The Labute approximate surface area is 239 Å². The highest BCUT2D eigenvalue weighted by Crippen LogP contribution is 2.52. The number of pyridine rings is 1. The van der Waals surface area contributed by atoms with Crippen molar-refractivity contribution in [3.63, 3.8) is 0 Å². The monoisotopic (exact) mass is 573 g/mol. The minimum absolute atomic E-state index is 0.00380. The number of rotatable bonds is 6. The molecule has 2 aliphatic rings. The average Bonchev–Trinajstić information content (AvgIpc) is 3.35. The summed E-state index contributed by atoms with van der Waals surface area (Å²) >= 11 is 0. The summed E-state index contributed by atoms with van der Waals surface area (Å²) in [5.41, 5.74) is 5.61. The minimum atomic E-state index is -4.43. The number of hydrogen-bond acceptors (Lipinski definition) is 3. The highest BCUT2D eigenvalue weighted by atomic mass is 28.4. The summed E-state index contributed by atoms with van der Waals surface area (Å²) in [4.78, 5) is 5.25. The van der Waals surface area contributed by atoms with Crippen molar-refractivity contribution in [1.29, 1.82) is 0 Å². The van der Waals surface area contributed by atoms with Crippen LogP contribution in [0.4, 0.5) is 13.2 Å². The second-order valence-corrected chi connectivity index (χ2v) is 19.1. The predicted octanol–water partition coefficient (Wildman–Crippen LogP) is 9.91. The summed E-state index contributed by atoms with van der Waals surface area (Å²) < 4.78 is 47.1. The van der Waals surface area contributed by atoms with Crippen molar-refractivity contribution in [1.82, 2.24) is 4.98 Å². The standard InChI is InChI=1S/C33H46F3NO2Si/c1-20(2)29-28(30(38)22-14-16-23(17-15-22)33(34,35)36)26(21-12-10-11-13-21)27-24(37-29)18-32(6,7)19-25(27)39-40(8,9)31(3,4)5/h12,14-17,20,25,30,38H,10-11,13,18-19H2,1-9H3/t25?,30-/m1/s1. The van der Waals surface area contributed by atoms with Crippen molar-refractivity contribution in [2.45, 2.75) is 123 Å². The molecule has 0 saturated carbocycles. The van der Waals surface area contributed by atoms with E-state index in [-0.39, 0.29) is 22.5 Å². The van der Waals surface area contributed by atoms with Crippen molar-refractivity contribution in [2.24, 2.45) is 5.41 Å². The number of alkyl halides is 3. The Bertz CT molecular complexity index is 1270. The molecule has 2 aliphatic carbocycles. The van der Waals surface area contributed by atoms with Crippen LogP contribution in [0, 0.1) is 5.41 Å². The van der Waals surface area contributed by atoms with Crippen LogP contribution in [0.2, 0.25) is 18.1 Å². The Hall–Kier alpha value is -1.96. The first-order valence-corrected chi connectivity index (χ1v) is 17.5. The first kappa shape index (κ1) is 31.0. The van der Waals surface area contributed by atoms with Crippen molar-refractivity contribution < 1.29 is 22.7 Å². The van der Waals surface area contributed by atoms with Crippen LogP contribution in [0.1, 0.15) is 131 Å². The van der Waals surface area contributed by atoms with Crippen molar-refractivity contribution in [2.75, 3.05) is 0 Å². The Kier molecular flexibility index (Phi) is 8.29. The van der Waals surface area contributed by atoms with Gasteiger partial charge in [-0.25, -0.2) is 0 Å². The molecule has 7 heteroatoms. The summed E-state index contributed by atoms with van der Waals surface area (Å²) in [6, 6.07) is 4.91. The smallest absolute Gasteiger partial charge is 0.410 e. The Morgan fingerprint density at radius 2 is 1.70 bits per heavy atom. The van der Waals surface area contributed by atoms with E-state index in [4.69, 9.17) is 9.41 Å². The number of benzene rings is 1. The van der Waals surface area contributed by atoms with Crippen LogP contribution in [-0.2, 0) is 17.0 Å². The van der Waals surface area contributed by atoms with Crippen LogP contribution >= 0.6 is 0 Å². The molecule has 0 bridgehead atoms. The summed E-state index contributed by atoms with van der Waals surface area (Å²) in [6.07, 6.45) is 1.16. The second kappa shape index (κ2) is 10.7. The van der Waals surface area contributed by atoms with Crippen LogP contribution in [0.3, 0.4) is 0 Å². The van der Waals surface area contributed by atoms with Crippen LogP contribution in [0.25, 0.3) is 5.57 Å². The summed E-state index contributed by atoms with van der Waals surface area (Å²) in [6.45, 7) is 20.0. The molecule has 1 aromatic heterocycles. The SMILES string of the molecule is CC(C)c1nc2c(c(C3=CCCC3)c1[C@H](O)c1ccc(C(F)(F)F)cc1)C(O[Si](C)(C)C(C)(C)C)CC(C)(C)C2. The van der Waals surface area contributed by atoms with Gasteiger partial charge in [0.15, 0.2) is 8.32 Å². The molecule has 0 fully saturated rings. The molecule has 4 rings (SSSR count). The Balaban J connectivity index is 1.99. The lowest BCUT2D eigenvalue weighted by Gasteiger charge is -2.45. The molecular weight excluding hydrogens is 527 g/mol. The van der Waals surface area contributed by atoms with Crippen LogP contribution in [0.5, 0.6) is 0 Å². The molecule has 0 radical (unpaired) electrons. The number of halogens is 3. The summed E-state index contributed by atoms with van der Waals surface area (Å²) in [5, 5.41) is 12.0. The lowest BCUT2D eigenvalue weighted by atomic mass is 9.71. The quantitative estimate of drug-likeness (QED) is 0.350. The van der Waals surface area contributed by atoms with Crippen molar-refractivity contribution in [3.05, 3.63) is 69.5 Å². The van der Waals surface area contributed by atoms with E-state index >= 15 is 0 Å². The van der Waals surface area contributed by atoms with Crippen LogP contribution in [0.15, 0.2) is 30.3 Å². The number of allylic oxidation sites excluding steroid dienone is 2. The highest BCUT2D eigenvalue weighted by molar-refractivity contribution is 6.74. The Morgan fingerprint density at radius 1 is 1.07 bits per heavy atom. The molecule has 1 N–H and O–H groups in total. The maximum absolute atomic E-state index is 13.3. The zero-order valence-corrected chi connectivity index (χ0v) is 26.6. The number of aromatic nitrogens is 1. The molecule has 3 nitrogen and oxygen atoms in total. The number of hydrogen-bond donors (Lipinski definition) is 1. The molecule has 1 aromatic carbocycles. The van der Waals surface area contributed by atoms with E-state index < -0.39 is 26.2 Å². The van der Waals surface area contributed by atoms with Crippen molar-refractivity contribution in [3.8, 4) is 0 Å². The fraction of sp³-hybridized carbons (Fsp3) is 0.606. The third kappa shape index (κ3) is 6.12. The van der Waals surface area contributed by atoms with E-state index in [1.807, 2.05) is 0 Å².